The number of hydrogen-bond acceptors (Lipinski definition) is 6. The molecule has 0 amide bonds. The number of anilines is 1. The number of benzene rings is 2. The van der Waals surface area contributed by atoms with Crippen LogP contribution in [0, 0.1) is 20.2 Å². The monoisotopic (exact) mass is 305 g/mol. The molecule has 0 aromatic heterocycles. The van der Waals surface area contributed by atoms with Gasteiger partial charge in [0.1, 0.15) is 5.69 Å². The Labute approximate surface area is 124 Å². The molecule has 8 heteroatoms. The third-order valence-corrected chi connectivity index (χ3v) is 3.88. The van der Waals surface area contributed by atoms with Crippen LogP contribution in [0.25, 0.3) is 0 Å². The first kappa shape index (κ1) is 14.8. The molecular weight excluding hydrogens is 294 g/mol. The molecule has 0 bridgehead atoms. The van der Waals surface area contributed by atoms with Gasteiger partial charge in [-0.05, 0) is 5.56 Å². The summed E-state index contributed by atoms with van der Waals surface area (Å²) in [6.45, 7) is 0. The third-order valence-electron chi connectivity index (χ3n) is 2.75. The minimum Gasteiger partial charge on any atom is -0.392 e. The van der Waals surface area contributed by atoms with Gasteiger partial charge in [-0.1, -0.05) is 30.3 Å². The van der Waals surface area contributed by atoms with Gasteiger partial charge in [0.15, 0.2) is 0 Å². The largest absolute Gasteiger partial charge is 0.392 e. The molecule has 2 N–H and O–H groups in total. The van der Waals surface area contributed by atoms with Crippen LogP contribution in [0.1, 0.15) is 5.56 Å². The highest BCUT2D eigenvalue weighted by molar-refractivity contribution is 7.98. The van der Waals surface area contributed by atoms with Crippen LogP contribution in [0.5, 0.6) is 0 Å². The van der Waals surface area contributed by atoms with Gasteiger partial charge in [-0.2, -0.15) is 0 Å². The van der Waals surface area contributed by atoms with E-state index < -0.39 is 15.5 Å². The molecule has 2 aromatic rings. The van der Waals surface area contributed by atoms with E-state index in [1.54, 1.807) is 0 Å². The number of nitro benzene ring substituents is 2. The molecule has 7 nitrogen and oxygen atoms in total. The SMILES string of the molecule is Nc1c(SCc2ccccc2)cc([N+](=O)[O-])cc1[N+](=O)[O-]. The lowest BCUT2D eigenvalue weighted by molar-refractivity contribution is -0.393. The first-order valence-electron chi connectivity index (χ1n) is 5.88. The Balaban J connectivity index is 2.33. The van der Waals surface area contributed by atoms with Gasteiger partial charge in [-0.3, -0.25) is 20.2 Å². The lowest BCUT2D eigenvalue weighted by atomic mass is 10.2. The van der Waals surface area contributed by atoms with Gasteiger partial charge in [0.05, 0.1) is 15.9 Å². The highest BCUT2D eigenvalue weighted by atomic mass is 32.2. The van der Waals surface area contributed by atoms with Crippen molar-refractivity contribution in [3.63, 3.8) is 0 Å². The van der Waals surface area contributed by atoms with E-state index in [0.29, 0.717) is 10.6 Å². The smallest absolute Gasteiger partial charge is 0.300 e. The van der Waals surface area contributed by atoms with Crippen molar-refractivity contribution < 1.29 is 9.85 Å². The lowest BCUT2D eigenvalue weighted by Gasteiger charge is -2.06. The molecule has 0 unspecified atom stereocenters. The fourth-order valence-electron chi connectivity index (χ4n) is 1.71. The zero-order valence-electron chi connectivity index (χ0n) is 10.8. The van der Waals surface area contributed by atoms with E-state index in [1.165, 1.54) is 17.8 Å². The second kappa shape index (κ2) is 6.23. The van der Waals surface area contributed by atoms with Crippen molar-refractivity contribution in [3.05, 3.63) is 68.3 Å². The maximum absolute atomic E-state index is 10.9. The second-order valence-electron chi connectivity index (χ2n) is 4.17. The summed E-state index contributed by atoms with van der Waals surface area (Å²) in [5.41, 5.74) is 5.89. The van der Waals surface area contributed by atoms with Crippen LogP contribution in [-0.2, 0) is 5.75 Å². The van der Waals surface area contributed by atoms with Crippen LogP contribution >= 0.6 is 11.8 Å². The van der Waals surface area contributed by atoms with E-state index in [0.717, 1.165) is 11.6 Å². The summed E-state index contributed by atoms with van der Waals surface area (Å²) < 4.78 is 0. The van der Waals surface area contributed by atoms with Crippen LogP contribution < -0.4 is 5.73 Å². The van der Waals surface area contributed by atoms with E-state index in [1.807, 2.05) is 30.3 Å². The van der Waals surface area contributed by atoms with Crippen LogP contribution in [-0.4, -0.2) is 9.85 Å². The summed E-state index contributed by atoms with van der Waals surface area (Å²) in [5, 5.41) is 21.8. The Hall–Kier alpha value is -2.61. The molecule has 21 heavy (non-hydrogen) atoms. The Morgan fingerprint density at radius 3 is 2.29 bits per heavy atom. The van der Waals surface area contributed by atoms with Crippen molar-refractivity contribution >= 4 is 28.8 Å². The molecule has 0 saturated heterocycles. The Kier molecular flexibility index (Phi) is 4.39. The van der Waals surface area contributed by atoms with Crippen molar-refractivity contribution in [2.45, 2.75) is 10.6 Å². The number of hydrogen-bond donors (Lipinski definition) is 1. The van der Waals surface area contributed by atoms with Crippen molar-refractivity contribution in [2.75, 3.05) is 5.73 Å². The molecule has 2 rings (SSSR count). The van der Waals surface area contributed by atoms with E-state index in [2.05, 4.69) is 0 Å². The zero-order chi connectivity index (χ0) is 15.4. The number of thioether (sulfide) groups is 1. The molecule has 0 radical (unpaired) electrons. The predicted octanol–water partition coefficient (Wildman–Crippen LogP) is 3.38. The maximum Gasteiger partial charge on any atom is 0.300 e. The van der Waals surface area contributed by atoms with E-state index in [-0.39, 0.29) is 11.4 Å². The predicted molar refractivity (Wildman–Crippen MR) is 80.2 cm³/mol. The van der Waals surface area contributed by atoms with E-state index >= 15 is 0 Å². The standard InChI is InChI=1S/C13H11N3O4S/c14-13-11(16(19)20)6-10(15(17)18)7-12(13)21-8-9-4-2-1-3-5-9/h1-7H,8,14H2. The van der Waals surface area contributed by atoms with Crippen LogP contribution in [0.15, 0.2) is 47.4 Å². The number of rotatable bonds is 5. The molecule has 0 aliphatic heterocycles. The quantitative estimate of drug-likeness (QED) is 0.392. The van der Waals surface area contributed by atoms with Gasteiger partial charge >= 0.3 is 0 Å². The number of non-ortho nitro benzene ring substituents is 1. The van der Waals surface area contributed by atoms with Gasteiger partial charge in [0, 0.05) is 16.7 Å². The summed E-state index contributed by atoms with van der Waals surface area (Å²) in [7, 11) is 0. The average molecular weight is 305 g/mol. The molecule has 0 aliphatic rings. The van der Waals surface area contributed by atoms with Gasteiger partial charge in [-0.15, -0.1) is 11.8 Å². The summed E-state index contributed by atoms with van der Waals surface area (Å²) >= 11 is 1.23. The molecule has 0 atom stereocenters. The minimum atomic E-state index is -0.713. The topological polar surface area (TPSA) is 112 Å². The fraction of sp³-hybridized carbons (Fsp3) is 0.0769. The van der Waals surface area contributed by atoms with Crippen LogP contribution in [0.3, 0.4) is 0 Å². The first-order valence-corrected chi connectivity index (χ1v) is 6.86. The zero-order valence-corrected chi connectivity index (χ0v) is 11.6. The minimum absolute atomic E-state index is 0.0495. The van der Waals surface area contributed by atoms with Crippen molar-refractivity contribution in [2.24, 2.45) is 0 Å². The molecule has 0 spiro atoms. The first-order chi connectivity index (χ1) is 9.99. The summed E-state index contributed by atoms with van der Waals surface area (Å²) in [4.78, 5) is 20.7. The summed E-state index contributed by atoms with van der Waals surface area (Å²) in [6.07, 6.45) is 0. The Morgan fingerprint density at radius 2 is 1.71 bits per heavy atom. The molecule has 0 saturated carbocycles. The second-order valence-corrected chi connectivity index (χ2v) is 5.18. The van der Waals surface area contributed by atoms with E-state index in [4.69, 9.17) is 5.73 Å². The van der Waals surface area contributed by atoms with Crippen LogP contribution in [0.4, 0.5) is 17.1 Å². The van der Waals surface area contributed by atoms with Gasteiger partial charge in [-0.25, -0.2) is 0 Å². The third kappa shape index (κ3) is 3.48. The Morgan fingerprint density at radius 1 is 1.05 bits per heavy atom. The highest BCUT2D eigenvalue weighted by Gasteiger charge is 2.22. The average Bonchev–Trinajstić information content (AvgIpc) is 2.46. The molecular formula is C13H11N3O4S. The highest BCUT2D eigenvalue weighted by Crippen LogP contribution is 2.37. The normalized spacial score (nSPS) is 10.3. The maximum atomic E-state index is 10.9. The Bertz CT molecular complexity index is 691. The molecule has 0 aliphatic carbocycles. The summed E-state index contributed by atoms with van der Waals surface area (Å²) in [6, 6.07) is 11.5. The van der Waals surface area contributed by atoms with Crippen molar-refractivity contribution in [1.29, 1.82) is 0 Å². The molecule has 0 heterocycles. The molecule has 0 fully saturated rings. The molecule has 108 valence electrons. The van der Waals surface area contributed by atoms with Crippen molar-refractivity contribution in [3.8, 4) is 0 Å². The summed E-state index contributed by atoms with van der Waals surface area (Å²) in [5.74, 6) is 0.517. The van der Waals surface area contributed by atoms with Gasteiger partial charge in [0.2, 0.25) is 0 Å². The fourth-order valence-corrected chi connectivity index (χ4v) is 2.69. The number of nitrogen functional groups attached to an aromatic ring is 1. The van der Waals surface area contributed by atoms with Crippen molar-refractivity contribution in [1.82, 2.24) is 0 Å². The van der Waals surface area contributed by atoms with Gasteiger partial charge < -0.3 is 5.73 Å². The number of nitrogens with zero attached hydrogens (tertiary/aromatic N) is 2. The van der Waals surface area contributed by atoms with Crippen LogP contribution in [0.2, 0.25) is 0 Å². The number of nitrogens with two attached hydrogens (primary N) is 1. The van der Waals surface area contributed by atoms with Gasteiger partial charge in [0.25, 0.3) is 11.4 Å². The molecule has 2 aromatic carbocycles. The lowest BCUT2D eigenvalue weighted by Crippen LogP contribution is -2.00. The number of nitro groups is 2. The van der Waals surface area contributed by atoms with E-state index in [9.17, 15) is 20.2 Å².